The van der Waals surface area contributed by atoms with Crippen molar-refractivity contribution in [2.45, 2.75) is 19.4 Å². The van der Waals surface area contributed by atoms with Crippen LogP contribution in [0.1, 0.15) is 12.1 Å². The number of hydrogen-bond acceptors (Lipinski definition) is 4. The maximum atomic E-state index is 5.92. The van der Waals surface area contributed by atoms with Gasteiger partial charge in [0.1, 0.15) is 6.10 Å². The summed E-state index contributed by atoms with van der Waals surface area (Å²) >= 11 is 0. The average molecular weight is 243 g/mol. The van der Waals surface area contributed by atoms with Gasteiger partial charge in [0.05, 0.1) is 5.52 Å². The fourth-order valence-corrected chi connectivity index (χ4v) is 2.41. The largest absolute Gasteiger partial charge is 0.473 e. The van der Waals surface area contributed by atoms with Crippen molar-refractivity contribution in [3.05, 3.63) is 30.1 Å². The molecule has 0 spiro atoms. The highest BCUT2D eigenvalue weighted by molar-refractivity contribution is 5.80. The van der Waals surface area contributed by atoms with Gasteiger partial charge in [0, 0.05) is 36.4 Å². The van der Waals surface area contributed by atoms with Crippen LogP contribution in [0, 0.1) is 6.92 Å². The van der Waals surface area contributed by atoms with E-state index in [0.29, 0.717) is 5.88 Å². The van der Waals surface area contributed by atoms with Crippen molar-refractivity contribution in [2.24, 2.45) is 0 Å². The van der Waals surface area contributed by atoms with Crippen molar-refractivity contribution in [2.75, 3.05) is 20.1 Å². The quantitative estimate of drug-likeness (QED) is 0.809. The summed E-state index contributed by atoms with van der Waals surface area (Å²) in [5, 5.41) is 1.09. The third-order valence-corrected chi connectivity index (χ3v) is 3.43. The van der Waals surface area contributed by atoms with Gasteiger partial charge in [0.15, 0.2) is 0 Å². The van der Waals surface area contributed by atoms with E-state index in [0.717, 1.165) is 36.1 Å². The van der Waals surface area contributed by atoms with Crippen molar-refractivity contribution in [3.8, 4) is 5.88 Å². The Balaban J connectivity index is 1.85. The van der Waals surface area contributed by atoms with E-state index in [2.05, 4.69) is 21.9 Å². The van der Waals surface area contributed by atoms with Gasteiger partial charge in [-0.05, 0) is 32.5 Å². The first-order valence-electron chi connectivity index (χ1n) is 6.30. The molecule has 0 N–H and O–H groups in total. The zero-order chi connectivity index (χ0) is 12.5. The maximum absolute atomic E-state index is 5.92. The molecule has 4 heteroatoms. The van der Waals surface area contributed by atoms with E-state index in [-0.39, 0.29) is 6.10 Å². The Kier molecular flexibility index (Phi) is 2.88. The second kappa shape index (κ2) is 4.53. The molecule has 2 aromatic rings. The summed E-state index contributed by atoms with van der Waals surface area (Å²) < 4.78 is 5.92. The molecular weight excluding hydrogens is 226 g/mol. The highest BCUT2D eigenvalue weighted by Gasteiger charge is 2.21. The van der Waals surface area contributed by atoms with Crippen LogP contribution in [-0.4, -0.2) is 41.1 Å². The van der Waals surface area contributed by atoms with E-state index in [9.17, 15) is 0 Å². The number of aromatic nitrogens is 2. The molecule has 1 aliphatic rings. The molecule has 94 valence electrons. The maximum Gasteiger partial charge on any atom is 0.214 e. The lowest BCUT2D eigenvalue weighted by atomic mass is 10.2. The zero-order valence-electron chi connectivity index (χ0n) is 10.8. The van der Waals surface area contributed by atoms with Gasteiger partial charge in [-0.2, -0.15) is 0 Å². The predicted octanol–water partition coefficient (Wildman–Crippen LogP) is 2.02. The third-order valence-electron chi connectivity index (χ3n) is 3.43. The molecule has 1 atom stereocenters. The number of aryl methyl sites for hydroxylation is 1. The Morgan fingerprint density at radius 2 is 2.22 bits per heavy atom. The SMILES string of the molecule is Cc1nccc2nc(O[C@@H]3CCN(C)C3)ccc12. The summed E-state index contributed by atoms with van der Waals surface area (Å²) in [7, 11) is 2.12. The molecule has 2 aromatic heterocycles. The highest BCUT2D eigenvalue weighted by atomic mass is 16.5. The normalized spacial score (nSPS) is 20.4. The van der Waals surface area contributed by atoms with Crippen LogP contribution in [-0.2, 0) is 0 Å². The van der Waals surface area contributed by atoms with Crippen molar-refractivity contribution >= 4 is 10.9 Å². The molecule has 0 amide bonds. The van der Waals surface area contributed by atoms with E-state index >= 15 is 0 Å². The first kappa shape index (κ1) is 11.4. The minimum Gasteiger partial charge on any atom is -0.473 e. The van der Waals surface area contributed by atoms with Crippen molar-refractivity contribution < 1.29 is 4.74 Å². The second-order valence-corrected chi connectivity index (χ2v) is 4.90. The van der Waals surface area contributed by atoms with E-state index in [1.165, 1.54) is 0 Å². The monoisotopic (exact) mass is 243 g/mol. The van der Waals surface area contributed by atoms with Crippen LogP contribution < -0.4 is 4.74 Å². The van der Waals surface area contributed by atoms with Crippen LogP contribution >= 0.6 is 0 Å². The fraction of sp³-hybridized carbons (Fsp3) is 0.429. The van der Waals surface area contributed by atoms with E-state index < -0.39 is 0 Å². The Morgan fingerprint density at radius 3 is 3.00 bits per heavy atom. The lowest BCUT2D eigenvalue weighted by molar-refractivity contribution is 0.201. The lowest BCUT2D eigenvalue weighted by Crippen LogP contribution is -2.21. The van der Waals surface area contributed by atoms with Gasteiger partial charge < -0.3 is 9.64 Å². The van der Waals surface area contributed by atoms with Crippen LogP contribution in [0.2, 0.25) is 0 Å². The molecule has 0 radical (unpaired) electrons. The number of ether oxygens (including phenoxy) is 1. The van der Waals surface area contributed by atoms with E-state index in [1.807, 2.05) is 25.1 Å². The van der Waals surface area contributed by atoms with Crippen LogP contribution in [0.15, 0.2) is 24.4 Å². The van der Waals surface area contributed by atoms with Crippen LogP contribution in [0.4, 0.5) is 0 Å². The van der Waals surface area contributed by atoms with Gasteiger partial charge in [-0.15, -0.1) is 0 Å². The number of rotatable bonds is 2. The molecule has 1 fully saturated rings. The average Bonchev–Trinajstić information content (AvgIpc) is 2.75. The minimum atomic E-state index is 0.267. The van der Waals surface area contributed by atoms with Gasteiger partial charge >= 0.3 is 0 Å². The molecule has 0 unspecified atom stereocenters. The standard InChI is InChI=1S/C14H17N3O/c1-10-12-3-4-14(16-13(12)5-7-15-10)18-11-6-8-17(2)9-11/h3-5,7,11H,6,8-9H2,1-2H3/t11-/m1/s1. The lowest BCUT2D eigenvalue weighted by Gasteiger charge is -2.13. The molecule has 18 heavy (non-hydrogen) atoms. The second-order valence-electron chi connectivity index (χ2n) is 4.90. The number of likely N-dealkylation sites (tertiary alicyclic amines) is 1. The minimum absolute atomic E-state index is 0.267. The summed E-state index contributed by atoms with van der Waals surface area (Å²) in [6.07, 6.45) is 3.13. The Bertz CT molecular complexity index is 570. The molecule has 4 nitrogen and oxygen atoms in total. The van der Waals surface area contributed by atoms with Crippen LogP contribution in [0.25, 0.3) is 10.9 Å². The fourth-order valence-electron chi connectivity index (χ4n) is 2.41. The van der Waals surface area contributed by atoms with E-state index in [1.54, 1.807) is 6.20 Å². The molecule has 3 rings (SSSR count). The number of pyridine rings is 2. The Morgan fingerprint density at radius 1 is 1.33 bits per heavy atom. The zero-order valence-corrected chi connectivity index (χ0v) is 10.8. The summed E-state index contributed by atoms with van der Waals surface area (Å²) in [6.45, 7) is 4.08. The van der Waals surface area contributed by atoms with E-state index in [4.69, 9.17) is 4.74 Å². The number of fused-ring (bicyclic) bond motifs is 1. The molecule has 0 aromatic carbocycles. The van der Waals surface area contributed by atoms with Gasteiger partial charge in [-0.3, -0.25) is 4.98 Å². The molecule has 1 saturated heterocycles. The molecular formula is C14H17N3O. The molecule has 3 heterocycles. The third kappa shape index (κ3) is 2.16. The molecule has 0 aliphatic carbocycles. The Hall–Kier alpha value is -1.68. The highest BCUT2D eigenvalue weighted by Crippen LogP contribution is 2.20. The van der Waals surface area contributed by atoms with Crippen LogP contribution in [0.5, 0.6) is 5.88 Å². The molecule has 0 saturated carbocycles. The Labute approximate surface area is 107 Å². The van der Waals surface area contributed by atoms with Crippen LogP contribution in [0.3, 0.4) is 0 Å². The first-order valence-corrected chi connectivity index (χ1v) is 6.30. The smallest absolute Gasteiger partial charge is 0.214 e. The molecule has 1 aliphatic heterocycles. The van der Waals surface area contributed by atoms with Gasteiger partial charge in [-0.1, -0.05) is 0 Å². The predicted molar refractivity (Wildman–Crippen MR) is 70.8 cm³/mol. The number of likely N-dealkylation sites (N-methyl/N-ethyl adjacent to an activating group) is 1. The summed E-state index contributed by atoms with van der Waals surface area (Å²) in [4.78, 5) is 11.1. The van der Waals surface area contributed by atoms with Gasteiger partial charge in [0.2, 0.25) is 5.88 Å². The topological polar surface area (TPSA) is 38.3 Å². The van der Waals surface area contributed by atoms with Crippen molar-refractivity contribution in [3.63, 3.8) is 0 Å². The van der Waals surface area contributed by atoms with Gasteiger partial charge in [0.25, 0.3) is 0 Å². The van der Waals surface area contributed by atoms with Gasteiger partial charge in [-0.25, -0.2) is 4.98 Å². The first-order chi connectivity index (χ1) is 8.72. The molecule has 0 bridgehead atoms. The van der Waals surface area contributed by atoms with Crippen molar-refractivity contribution in [1.82, 2.24) is 14.9 Å². The summed E-state index contributed by atoms with van der Waals surface area (Å²) in [6, 6.07) is 5.91. The number of hydrogen-bond donors (Lipinski definition) is 0. The van der Waals surface area contributed by atoms with Crippen molar-refractivity contribution in [1.29, 1.82) is 0 Å². The summed E-state index contributed by atoms with van der Waals surface area (Å²) in [5.41, 5.74) is 1.96. The number of nitrogens with zero attached hydrogens (tertiary/aromatic N) is 3. The summed E-state index contributed by atoms with van der Waals surface area (Å²) in [5.74, 6) is 0.716.